The van der Waals surface area contributed by atoms with Crippen LogP contribution < -0.4 is 4.57 Å². The van der Waals surface area contributed by atoms with E-state index in [0.717, 1.165) is 35.6 Å². The van der Waals surface area contributed by atoms with Crippen molar-refractivity contribution >= 4 is 78.0 Å². The van der Waals surface area contributed by atoms with Gasteiger partial charge in [-0.15, -0.1) is 0 Å². The number of rotatable bonds is 10. The van der Waals surface area contributed by atoms with Crippen LogP contribution in [0.15, 0.2) is 103 Å². The molecule has 0 spiro atoms. The second-order valence-electron chi connectivity index (χ2n) is 11.9. The topological polar surface area (TPSA) is 68.1 Å². The van der Waals surface area contributed by atoms with E-state index in [0.29, 0.717) is 13.0 Å². The SMILES string of the molecule is CCn1c2ccccc2c2cc(/C=C/c3cccc(/C=C/c4ccc5c(c4)c4ccccc4n5CC)[n+]3CCCS(=O)(=O)O)ccc21. The molecule has 47 heavy (non-hydrogen) atoms. The normalized spacial score (nSPS) is 12.6. The van der Waals surface area contributed by atoms with E-state index in [-0.39, 0.29) is 5.75 Å². The lowest BCUT2D eigenvalue weighted by Gasteiger charge is -2.05. The fourth-order valence-corrected chi connectivity index (χ4v) is 7.42. The Morgan fingerprint density at radius 3 is 1.53 bits per heavy atom. The quantitative estimate of drug-likeness (QED) is 0.120. The highest BCUT2D eigenvalue weighted by Crippen LogP contribution is 2.31. The molecule has 0 saturated carbocycles. The van der Waals surface area contributed by atoms with Crippen molar-refractivity contribution in [2.75, 3.05) is 5.75 Å². The van der Waals surface area contributed by atoms with Gasteiger partial charge in [-0.3, -0.25) is 4.55 Å². The molecule has 7 heteroatoms. The van der Waals surface area contributed by atoms with Crippen LogP contribution in [0.25, 0.3) is 67.9 Å². The number of pyridine rings is 1. The van der Waals surface area contributed by atoms with Gasteiger partial charge in [-0.1, -0.05) is 48.5 Å². The molecule has 236 valence electrons. The van der Waals surface area contributed by atoms with Crippen LogP contribution in [0.5, 0.6) is 0 Å². The lowest BCUT2D eigenvalue weighted by molar-refractivity contribution is -0.700. The summed E-state index contributed by atoms with van der Waals surface area (Å²) in [6.45, 7) is 6.58. The van der Waals surface area contributed by atoms with Crippen LogP contribution >= 0.6 is 0 Å². The van der Waals surface area contributed by atoms with Gasteiger partial charge >= 0.3 is 0 Å². The Morgan fingerprint density at radius 1 is 0.596 bits per heavy atom. The molecule has 0 aliphatic carbocycles. The predicted molar refractivity (Wildman–Crippen MR) is 196 cm³/mol. The third-order valence-corrected chi connectivity index (χ3v) is 9.86. The van der Waals surface area contributed by atoms with Crippen molar-refractivity contribution < 1.29 is 17.5 Å². The molecule has 7 rings (SSSR count). The predicted octanol–water partition coefficient (Wildman–Crippen LogP) is 8.85. The van der Waals surface area contributed by atoms with E-state index < -0.39 is 10.1 Å². The largest absolute Gasteiger partial charge is 0.341 e. The maximum absolute atomic E-state index is 11.6. The van der Waals surface area contributed by atoms with Gasteiger partial charge in [-0.05, 0) is 79.6 Å². The second kappa shape index (κ2) is 12.7. The Bertz CT molecular complexity index is 2300. The molecule has 0 radical (unpaired) electrons. The van der Waals surface area contributed by atoms with Crippen molar-refractivity contribution in [2.24, 2.45) is 0 Å². The number of aromatic nitrogens is 3. The third-order valence-electron chi connectivity index (χ3n) is 9.06. The summed E-state index contributed by atoms with van der Waals surface area (Å²) in [5.74, 6) is -0.294. The summed E-state index contributed by atoms with van der Waals surface area (Å²) in [6, 6.07) is 36.2. The molecular formula is C40H38N3O3S+. The van der Waals surface area contributed by atoms with Crippen LogP contribution in [0.3, 0.4) is 0 Å². The lowest BCUT2D eigenvalue weighted by Crippen LogP contribution is -2.40. The minimum absolute atomic E-state index is 0.292. The van der Waals surface area contributed by atoms with Crippen LogP contribution in [0, 0.1) is 0 Å². The van der Waals surface area contributed by atoms with Crippen LogP contribution in [-0.2, 0) is 29.8 Å². The molecule has 0 saturated heterocycles. The Balaban J connectivity index is 1.25. The van der Waals surface area contributed by atoms with Gasteiger partial charge in [0, 0.05) is 87.4 Å². The van der Waals surface area contributed by atoms with Crippen molar-refractivity contribution in [3.63, 3.8) is 0 Å². The van der Waals surface area contributed by atoms with Gasteiger partial charge in [0.05, 0.1) is 5.75 Å². The molecule has 3 aromatic heterocycles. The highest BCUT2D eigenvalue weighted by atomic mass is 32.2. The average molecular weight is 641 g/mol. The molecule has 0 bridgehead atoms. The molecule has 3 heterocycles. The Kier molecular flexibility index (Phi) is 8.26. The minimum atomic E-state index is -4.06. The van der Waals surface area contributed by atoms with Gasteiger partial charge in [0.15, 0.2) is 6.54 Å². The third kappa shape index (κ3) is 6.00. The molecular weight excluding hydrogens is 603 g/mol. The zero-order valence-corrected chi connectivity index (χ0v) is 27.5. The lowest BCUT2D eigenvalue weighted by atomic mass is 10.1. The summed E-state index contributed by atoms with van der Waals surface area (Å²) < 4.78 is 39.4. The van der Waals surface area contributed by atoms with Gasteiger partial charge in [0.1, 0.15) is 0 Å². The molecule has 6 nitrogen and oxygen atoms in total. The first-order valence-electron chi connectivity index (χ1n) is 16.2. The van der Waals surface area contributed by atoms with Gasteiger partial charge < -0.3 is 9.13 Å². The summed E-state index contributed by atoms with van der Waals surface area (Å²) in [6.07, 6.45) is 8.67. The second-order valence-corrected chi connectivity index (χ2v) is 13.5. The Labute approximate surface area is 275 Å². The van der Waals surface area contributed by atoms with Gasteiger partial charge in [0.2, 0.25) is 11.4 Å². The summed E-state index contributed by atoms with van der Waals surface area (Å²) in [5, 5.41) is 4.93. The van der Waals surface area contributed by atoms with E-state index >= 15 is 0 Å². The first-order chi connectivity index (χ1) is 22.8. The molecule has 0 fully saturated rings. The number of nitrogens with zero attached hydrogens (tertiary/aromatic N) is 3. The van der Waals surface area contributed by atoms with Crippen molar-refractivity contribution in [1.29, 1.82) is 0 Å². The molecule has 0 atom stereocenters. The standard InChI is InChI=1S/C40H37N3O3S/c1-3-41-37-15-7-5-13-33(37)35-27-29(19-23-39(35)41)17-21-31-11-9-12-32(43(31)25-10-26-47(44,45)46)22-18-30-20-24-40-36(28-30)34-14-6-8-16-38(34)42(40)4-2/h5-9,11-24,27-28H,3-4,10,25-26H2,1-2H3/p+1. The maximum Gasteiger partial charge on any atom is 0.265 e. The van der Waals surface area contributed by atoms with Gasteiger partial charge in [-0.25, -0.2) is 0 Å². The van der Waals surface area contributed by atoms with E-state index in [1.807, 2.05) is 18.2 Å². The molecule has 4 aromatic carbocycles. The highest BCUT2D eigenvalue weighted by molar-refractivity contribution is 7.85. The minimum Gasteiger partial charge on any atom is -0.341 e. The summed E-state index contributed by atoms with van der Waals surface area (Å²) in [4.78, 5) is 0. The van der Waals surface area contributed by atoms with Crippen LogP contribution in [-0.4, -0.2) is 27.9 Å². The zero-order valence-electron chi connectivity index (χ0n) is 26.7. The van der Waals surface area contributed by atoms with Gasteiger partial charge in [0.25, 0.3) is 10.1 Å². The smallest absolute Gasteiger partial charge is 0.265 e. The zero-order chi connectivity index (χ0) is 32.5. The number of aryl methyl sites for hydroxylation is 2. The molecule has 0 aliphatic rings. The van der Waals surface area contributed by atoms with Crippen molar-refractivity contribution in [3.8, 4) is 0 Å². The number of hydrogen-bond acceptors (Lipinski definition) is 2. The average Bonchev–Trinajstić information content (AvgIpc) is 3.57. The molecule has 0 unspecified atom stereocenters. The molecule has 1 N–H and O–H groups in total. The van der Waals surface area contributed by atoms with E-state index in [1.165, 1.54) is 43.6 Å². The fraction of sp³-hybridized carbons (Fsp3) is 0.175. The van der Waals surface area contributed by atoms with Crippen LogP contribution in [0.1, 0.15) is 42.8 Å². The maximum atomic E-state index is 11.6. The fourth-order valence-electron chi connectivity index (χ4n) is 6.92. The van der Waals surface area contributed by atoms with Gasteiger partial charge in [-0.2, -0.15) is 13.0 Å². The molecule has 0 aliphatic heterocycles. The summed E-state index contributed by atoms with van der Waals surface area (Å²) >= 11 is 0. The number of fused-ring (bicyclic) bond motifs is 6. The van der Waals surface area contributed by atoms with Crippen molar-refractivity contribution in [3.05, 3.63) is 126 Å². The number of hydrogen-bond donors (Lipinski definition) is 1. The molecule has 7 aromatic rings. The van der Waals surface area contributed by atoms with E-state index in [2.05, 4.69) is 137 Å². The Hall–Kier alpha value is -4.98. The first-order valence-corrected chi connectivity index (χ1v) is 17.8. The van der Waals surface area contributed by atoms with Crippen LogP contribution in [0.2, 0.25) is 0 Å². The van der Waals surface area contributed by atoms with E-state index in [9.17, 15) is 13.0 Å². The van der Waals surface area contributed by atoms with Crippen molar-refractivity contribution in [1.82, 2.24) is 9.13 Å². The van der Waals surface area contributed by atoms with E-state index in [4.69, 9.17) is 0 Å². The van der Waals surface area contributed by atoms with Crippen LogP contribution in [0.4, 0.5) is 0 Å². The monoisotopic (exact) mass is 640 g/mol. The number of para-hydroxylation sites is 2. The number of benzene rings is 4. The van der Waals surface area contributed by atoms with E-state index in [1.54, 1.807) is 0 Å². The summed E-state index contributed by atoms with van der Waals surface area (Å²) in [5.41, 5.74) is 8.96. The molecule has 0 amide bonds. The summed E-state index contributed by atoms with van der Waals surface area (Å²) in [7, 11) is -4.06. The van der Waals surface area contributed by atoms with Crippen molar-refractivity contribution in [2.45, 2.75) is 39.9 Å². The first kappa shape index (κ1) is 30.7. The Morgan fingerprint density at radius 2 is 1.06 bits per heavy atom. The highest BCUT2D eigenvalue weighted by Gasteiger charge is 2.16.